The second-order valence-corrected chi connectivity index (χ2v) is 3.56. The third-order valence-electron chi connectivity index (χ3n) is 2.11. The zero-order valence-corrected chi connectivity index (χ0v) is 10.8. The Hall–Kier alpha value is -1.79. The molecule has 0 aromatic heterocycles. The van der Waals surface area contributed by atoms with Crippen molar-refractivity contribution in [1.29, 1.82) is 0 Å². The van der Waals surface area contributed by atoms with Gasteiger partial charge in [-0.05, 0) is 19.1 Å². The predicted octanol–water partition coefficient (Wildman–Crippen LogP) is 0.605. The van der Waals surface area contributed by atoms with Crippen LogP contribution in [-0.4, -0.2) is 49.2 Å². The Morgan fingerprint density at radius 1 is 1.05 bits per heavy atom. The monoisotopic (exact) mass is 270 g/mol. The molecular weight excluding hydrogens is 252 g/mol. The van der Waals surface area contributed by atoms with Crippen LogP contribution in [0.15, 0.2) is 18.2 Å². The molecule has 106 valence electrons. The average molecular weight is 270 g/mol. The minimum Gasteiger partial charge on any atom is -0.491 e. The van der Waals surface area contributed by atoms with Gasteiger partial charge in [0.2, 0.25) is 0 Å². The Labute approximate surface area is 111 Å². The Balaban J connectivity index is 2.90. The van der Waals surface area contributed by atoms with Gasteiger partial charge in [0, 0.05) is 6.07 Å². The van der Waals surface area contributed by atoms with E-state index in [1.165, 1.54) is 12.1 Å². The number of benzene rings is 1. The topological polar surface area (TPSA) is 85.2 Å². The van der Waals surface area contributed by atoms with Gasteiger partial charge in [-0.25, -0.2) is 4.79 Å². The van der Waals surface area contributed by atoms with E-state index in [-0.39, 0.29) is 33.0 Å². The van der Waals surface area contributed by atoms with Crippen molar-refractivity contribution < 1.29 is 29.2 Å². The first-order valence-corrected chi connectivity index (χ1v) is 6.00. The van der Waals surface area contributed by atoms with Crippen LogP contribution in [0.2, 0.25) is 0 Å². The van der Waals surface area contributed by atoms with E-state index >= 15 is 0 Å². The molecular formula is C13H18O6. The number of hydrogen-bond acceptors (Lipinski definition) is 6. The van der Waals surface area contributed by atoms with Crippen LogP contribution in [0.3, 0.4) is 0 Å². The van der Waals surface area contributed by atoms with Crippen LogP contribution < -0.4 is 9.47 Å². The lowest BCUT2D eigenvalue weighted by atomic mass is 10.2. The smallest absolute Gasteiger partial charge is 0.338 e. The van der Waals surface area contributed by atoms with Gasteiger partial charge in [0.15, 0.2) is 0 Å². The zero-order valence-electron chi connectivity index (χ0n) is 10.8. The molecule has 2 N–H and O–H groups in total. The van der Waals surface area contributed by atoms with E-state index in [2.05, 4.69) is 0 Å². The molecule has 0 aliphatic carbocycles. The summed E-state index contributed by atoms with van der Waals surface area (Å²) in [4.78, 5) is 11.7. The quantitative estimate of drug-likeness (QED) is 0.673. The van der Waals surface area contributed by atoms with E-state index in [1.54, 1.807) is 13.0 Å². The third-order valence-corrected chi connectivity index (χ3v) is 2.11. The van der Waals surface area contributed by atoms with Crippen molar-refractivity contribution in [1.82, 2.24) is 0 Å². The molecule has 0 bridgehead atoms. The molecule has 0 saturated heterocycles. The van der Waals surface area contributed by atoms with Crippen molar-refractivity contribution in [2.75, 3.05) is 33.0 Å². The Morgan fingerprint density at radius 3 is 2.00 bits per heavy atom. The maximum absolute atomic E-state index is 11.7. The summed E-state index contributed by atoms with van der Waals surface area (Å²) in [6.07, 6.45) is 0. The van der Waals surface area contributed by atoms with Gasteiger partial charge in [0.05, 0.1) is 25.4 Å². The van der Waals surface area contributed by atoms with Crippen LogP contribution in [0.1, 0.15) is 17.3 Å². The number of ether oxygens (including phenoxy) is 3. The van der Waals surface area contributed by atoms with Crippen molar-refractivity contribution in [3.8, 4) is 11.5 Å². The highest BCUT2D eigenvalue weighted by Gasteiger charge is 2.11. The Kier molecular flexibility index (Phi) is 6.70. The molecule has 0 atom stereocenters. The average Bonchev–Trinajstić information content (AvgIpc) is 2.43. The predicted molar refractivity (Wildman–Crippen MR) is 67.6 cm³/mol. The largest absolute Gasteiger partial charge is 0.491 e. The fraction of sp³-hybridized carbons (Fsp3) is 0.462. The number of carbonyl (C=O) groups is 1. The summed E-state index contributed by atoms with van der Waals surface area (Å²) >= 11 is 0. The van der Waals surface area contributed by atoms with Gasteiger partial charge in [-0.15, -0.1) is 0 Å². The summed E-state index contributed by atoms with van der Waals surface area (Å²) < 4.78 is 15.4. The molecule has 0 saturated carbocycles. The summed E-state index contributed by atoms with van der Waals surface area (Å²) in [6.45, 7) is 1.96. The summed E-state index contributed by atoms with van der Waals surface area (Å²) in [5.41, 5.74) is 0.297. The number of aliphatic hydroxyl groups excluding tert-OH is 2. The van der Waals surface area contributed by atoms with Crippen molar-refractivity contribution >= 4 is 5.97 Å². The number of carbonyl (C=O) groups excluding carboxylic acids is 1. The number of aliphatic hydroxyl groups is 2. The maximum atomic E-state index is 11.7. The first-order valence-electron chi connectivity index (χ1n) is 6.00. The van der Waals surface area contributed by atoms with Crippen LogP contribution in [0, 0.1) is 0 Å². The van der Waals surface area contributed by atoms with Gasteiger partial charge >= 0.3 is 5.97 Å². The third kappa shape index (κ3) is 5.15. The Bertz CT molecular complexity index is 378. The molecule has 0 aliphatic heterocycles. The SMILES string of the molecule is CCOC(=O)c1cc(OCCO)cc(OCCO)c1. The van der Waals surface area contributed by atoms with Gasteiger partial charge in [0.25, 0.3) is 0 Å². The summed E-state index contributed by atoms with van der Waals surface area (Å²) in [6, 6.07) is 4.60. The number of rotatable bonds is 8. The molecule has 19 heavy (non-hydrogen) atoms. The van der Waals surface area contributed by atoms with Gasteiger partial charge in [-0.3, -0.25) is 0 Å². The molecule has 0 aliphatic rings. The Morgan fingerprint density at radius 2 is 1.58 bits per heavy atom. The van der Waals surface area contributed by atoms with E-state index in [0.717, 1.165) is 0 Å². The second-order valence-electron chi connectivity index (χ2n) is 3.56. The van der Waals surface area contributed by atoms with Crippen LogP contribution >= 0.6 is 0 Å². The van der Waals surface area contributed by atoms with E-state index in [0.29, 0.717) is 17.1 Å². The van der Waals surface area contributed by atoms with Gasteiger partial charge in [-0.2, -0.15) is 0 Å². The first-order chi connectivity index (χ1) is 9.21. The van der Waals surface area contributed by atoms with Crippen molar-refractivity contribution in [2.45, 2.75) is 6.92 Å². The molecule has 0 heterocycles. The molecule has 1 aromatic carbocycles. The molecule has 0 radical (unpaired) electrons. The molecule has 1 aromatic rings. The first kappa shape index (κ1) is 15.3. The van der Waals surface area contributed by atoms with Crippen LogP contribution in [0.4, 0.5) is 0 Å². The highest BCUT2D eigenvalue weighted by Crippen LogP contribution is 2.23. The molecule has 1 rings (SSSR count). The van der Waals surface area contributed by atoms with E-state index in [9.17, 15) is 4.79 Å². The van der Waals surface area contributed by atoms with E-state index in [4.69, 9.17) is 24.4 Å². The minimum atomic E-state index is -0.481. The maximum Gasteiger partial charge on any atom is 0.338 e. The van der Waals surface area contributed by atoms with Crippen molar-refractivity contribution in [2.24, 2.45) is 0 Å². The highest BCUT2D eigenvalue weighted by atomic mass is 16.5. The lowest BCUT2D eigenvalue weighted by Gasteiger charge is -2.11. The van der Waals surface area contributed by atoms with Crippen LogP contribution in [0.25, 0.3) is 0 Å². The van der Waals surface area contributed by atoms with Crippen LogP contribution in [0.5, 0.6) is 11.5 Å². The second kappa shape index (κ2) is 8.34. The molecule has 0 amide bonds. The summed E-state index contributed by atoms with van der Waals surface area (Å²) in [5, 5.41) is 17.4. The van der Waals surface area contributed by atoms with E-state index < -0.39 is 5.97 Å². The number of esters is 1. The van der Waals surface area contributed by atoms with Crippen LogP contribution in [-0.2, 0) is 4.74 Å². The number of hydrogen-bond donors (Lipinski definition) is 2. The standard InChI is InChI=1S/C13H18O6/c1-2-17-13(16)10-7-11(18-5-3-14)9-12(8-10)19-6-4-15/h7-9,14-15H,2-6H2,1H3. The van der Waals surface area contributed by atoms with E-state index in [1.807, 2.05) is 0 Å². The molecule has 6 nitrogen and oxygen atoms in total. The highest BCUT2D eigenvalue weighted by molar-refractivity contribution is 5.90. The lowest BCUT2D eigenvalue weighted by Crippen LogP contribution is -2.08. The molecule has 6 heteroatoms. The minimum absolute atomic E-state index is 0.117. The zero-order chi connectivity index (χ0) is 14.1. The van der Waals surface area contributed by atoms with Gasteiger partial charge in [-0.1, -0.05) is 0 Å². The fourth-order valence-electron chi connectivity index (χ4n) is 1.40. The molecule has 0 spiro atoms. The fourth-order valence-corrected chi connectivity index (χ4v) is 1.40. The molecule has 0 fully saturated rings. The van der Waals surface area contributed by atoms with Gasteiger partial charge in [0.1, 0.15) is 24.7 Å². The van der Waals surface area contributed by atoms with Crippen molar-refractivity contribution in [3.63, 3.8) is 0 Å². The summed E-state index contributed by atoms with van der Waals surface area (Å²) in [7, 11) is 0. The van der Waals surface area contributed by atoms with Crippen molar-refractivity contribution in [3.05, 3.63) is 23.8 Å². The normalized spacial score (nSPS) is 10.1. The van der Waals surface area contributed by atoms with Gasteiger partial charge < -0.3 is 24.4 Å². The summed E-state index contributed by atoms with van der Waals surface area (Å²) in [5.74, 6) is 0.311. The molecule has 0 unspecified atom stereocenters. The lowest BCUT2D eigenvalue weighted by molar-refractivity contribution is 0.0525.